The van der Waals surface area contributed by atoms with Gasteiger partial charge in [0.1, 0.15) is 5.78 Å². The lowest BCUT2D eigenvalue weighted by Crippen LogP contribution is -2.34. The van der Waals surface area contributed by atoms with Gasteiger partial charge in [0.25, 0.3) is 0 Å². The molecule has 1 nitrogen and oxygen atoms in total. The molecule has 0 spiro atoms. The second-order valence-electron chi connectivity index (χ2n) is 4.60. The molecule has 0 aliphatic heterocycles. The van der Waals surface area contributed by atoms with Crippen LogP contribution in [-0.4, -0.2) is 5.78 Å². The molecule has 0 aromatic heterocycles. The molecule has 1 heteroatoms. The van der Waals surface area contributed by atoms with Gasteiger partial charge in [-0.25, -0.2) is 0 Å². The zero-order valence-electron chi connectivity index (χ0n) is 8.63. The first-order valence-electron chi connectivity index (χ1n) is 5.07. The minimum atomic E-state index is 0.297. The minimum Gasteiger partial charge on any atom is -0.299 e. The molecule has 12 heavy (non-hydrogen) atoms. The summed E-state index contributed by atoms with van der Waals surface area (Å²) in [6.07, 6.45) is 2.34. The molecule has 0 aromatic carbocycles. The lowest BCUT2D eigenvalue weighted by Gasteiger charge is -2.32. The van der Waals surface area contributed by atoms with Crippen molar-refractivity contribution in [3.8, 4) is 0 Å². The van der Waals surface area contributed by atoms with Crippen molar-refractivity contribution in [3.05, 3.63) is 0 Å². The van der Waals surface area contributed by atoms with Gasteiger partial charge < -0.3 is 0 Å². The lowest BCUT2D eigenvalue weighted by molar-refractivity contribution is -0.132. The normalized spacial score (nSPS) is 37.4. The van der Waals surface area contributed by atoms with Crippen LogP contribution in [0.15, 0.2) is 0 Å². The average molecular weight is 168 g/mol. The van der Waals surface area contributed by atoms with Gasteiger partial charge in [0.2, 0.25) is 0 Å². The molecule has 2 unspecified atom stereocenters. The molecular formula is C11H20O. The number of carbonyl (C=O) groups is 1. The summed E-state index contributed by atoms with van der Waals surface area (Å²) in [5, 5.41) is 0. The molecule has 0 amide bonds. The molecule has 0 N–H and O–H groups in total. The maximum Gasteiger partial charge on any atom is 0.139 e. The molecule has 3 atom stereocenters. The highest BCUT2D eigenvalue weighted by atomic mass is 16.1. The fraction of sp³-hybridized carbons (Fsp3) is 0.909. The monoisotopic (exact) mass is 168 g/mol. The van der Waals surface area contributed by atoms with Gasteiger partial charge in [0.15, 0.2) is 0 Å². The largest absolute Gasteiger partial charge is 0.299 e. The van der Waals surface area contributed by atoms with Crippen LogP contribution in [-0.2, 0) is 4.79 Å². The maximum atomic E-state index is 11.8. The van der Waals surface area contributed by atoms with Gasteiger partial charge in [-0.1, -0.05) is 27.7 Å². The van der Waals surface area contributed by atoms with E-state index in [1.165, 1.54) is 6.42 Å². The molecule has 1 aliphatic rings. The van der Waals surface area contributed by atoms with Gasteiger partial charge in [-0.05, 0) is 24.7 Å². The van der Waals surface area contributed by atoms with Crippen molar-refractivity contribution in [1.29, 1.82) is 0 Å². The first kappa shape index (κ1) is 9.76. The zero-order chi connectivity index (χ0) is 9.30. The van der Waals surface area contributed by atoms with Crippen molar-refractivity contribution in [3.63, 3.8) is 0 Å². The van der Waals surface area contributed by atoms with Crippen molar-refractivity contribution >= 4 is 5.78 Å². The number of Topliss-reactive ketones (excluding diaryl/α,β-unsaturated/α-hetero) is 1. The summed E-state index contributed by atoms with van der Waals surface area (Å²) in [6, 6.07) is 0. The summed E-state index contributed by atoms with van der Waals surface area (Å²) in [5.41, 5.74) is 0. The molecule has 1 saturated carbocycles. The molecule has 0 heterocycles. The Hall–Kier alpha value is -0.330. The van der Waals surface area contributed by atoms with Gasteiger partial charge in [0.05, 0.1) is 0 Å². The highest BCUT2D eigenvalue weighted by Gasteiger charge is 2.34. The molecule has 1 fully saturated rings. The van der Waals surface area contributed by atoms with Crippen LogP contribution < -0.4 is 0 Å². The topological polar surface area (TPSA) is 17.1 Å². The summed E-state index contributed by atoms with van der Waals surface area (Å²) in [5.74, 6) is 2.28. The molecular weight excluding hydrogens is 148 g/mol. The third kappa shape index (κ3) is 1.70. The average Bonchev–Trinajstić information content (AvgIpc) is 2.00. The Morgan fingerprint density at radius 3 is 2.33 bits per heavy atom. The lowest BCUT2D eigenvalue weighted by atomic mass is 9.71. The fourth-order valence-electron chi connectivity index (χ4n) is 2.11. The van der Waals surface area contributed by atoms with E-state index >= 15 is 0 Å². The molecule has 0 aromatic rings. The van der Waals surface area contributed by atoms with E-state index in [9.17, 15) is 4.79 Å². The number of ketones is 1. The van der Waals surface area contributed by atoms with Crippen LogP contribution >= 0.6 is 0 Å². The third-order valence-corrected chi connectivity index (χ3v) is 3.41. The number of carbonyl (C=O) groups excluding carboxylic acids is 1. The second-order valence-corrected chi connectivity index (χ2v) is 4.60. The van der Waals surface area contributed by atoms with E-state index in [4.69, 9.17) is 0 Å². The van der Waals surface area contributed by atoms with Gasteiger partial charge in [0, 0.05) is 11.8 Å². The van der Waals surface area contributed by atoms with E-state index in [0.29, 0.717) is 29.5 Å². The quantitative estimate of drug-likeness (QED) is 0.588. The van der Waals surface area contributed by atoms with E-state index in [1.807, 2.05) is 0 Å². The summed E-state index contributed by atoms with van der Waals surface area (Å²) < 4.78 is 0. The van der Waals surface area contributed by atoms with Gasteiger partial charge in [-0.3, -0.25) is 4.79 Å². The van der Waals surface area contributed by atoms with Crippen LogP contribution in [0.1, 0.15) is 40.5 Å². The summed E-state index contributed by atoms with van der Waals surface area (Å²) in [7, 11) is 0. The first-order valence-corrected chi connectivity index (χ1v) is 5.07. The predicted molar refractivity (Wildman–Crippen MR) is 50.9 cm³/mol. The van der Waals surface area contributed by atoms with Crippen LogP contribution in [0.3, 0.4) is 0 Å². The highest BCUT2D eigenvalue weighted by molar-refractivity contribution is 5.84. The van der Waals surface area contributed by atoms with E-state index in [-0.39, 0.29) is 0 Å². The van der Waals surface area contributed by atoms with Crippen molar-refractivity contribution in [1.82, 2.24) is 0 Å². The van der Waals surface area contributed by atoms with Crippen LogP contribution in [0.5, 0.6) is 0 Å². The van der Waals surface area contributed by atoms with E-state index in [1.54, 1.807) is 0 Å². The van der Waals surface area contributed by atoms with Crippen LogP contribution in [0.2, 0.25) is 0 Å². The Labute approximate surface area is 75.5 Å². The SMILES string of the molecule is CC(C)C1CC[C@@H](C)C(C)C1=O. The Balaban J connectivity index is 2.65. The minimum absolute atomic E-state index is 0.297. The van der Waals surface area contributed by atoms with E-state index < -0.39 is 0 Å². The standard InChI is InChI=1S/C11H20O/c1-7(2)10-6-5-8(3)9(4)11(10)12/h7-10H,5-6H2,1-4H3/t8-,9?,10?/m1/s1. The molecule has 1 rings (SSSR count). The Bertz CT molecular complexity index is 172. The molecule has 0 saturated heterocycles. The van der Waals surface area contributed by atoms with Gasteiger partial charge in [-0.15, -0.1) is 0 Å². The van der Waals surface area contributed by atoms with Crippen LogP contribution in [0.25, 0.3) is 0 Å². The predicted octanol–water partition coefficient (Wildman–Crippen LogP) is 2.89. The molecule has 1 aliphatic carbocycles. The molecule has 0 bridgehead atoms. The smallest absolute Gasteiger partial charge is 0.139 e. The number of hydrogen-bond acceptors (Lipinski definition) is 1. The van der Waals surface area contributed by atoms with Crippen molar-refractivity contribution in [2.45, 2.75) is 40.5 Å². The molecule has 0 radical (unpaired) electrons. The summed E-state index contributed by atoms with van der Waals surface area (Å²) in [6.45, 7) is 8.59. The Morgan fingerprint density at radius 2 is 1.83 bits per heavy atom. The summed E-state index contributed by atoms with van der Waals surface area (Å²) >= 11 is 0. The highest BCUT2D eigenvalue weighted by Crippen LogP contribution is 2.33. The van der Waals surface area contributed by atoms with Crippen LogP contribution in [0.4, 0.5) is 0 Å². The number of hydrogen-bond donors (Lipinski definition) is 0. The fourth-order valence-corrected chi connectivity index (χ4v) is 2.11. The Morgan fingerprint density at radius 1 is 1.25 bits per heavy atom. The Kier molecular flexibility index (Phi) is 2.92. The first-order chi connectivity index (χ1) is 5.54. The van der Waals surface area contributed by atoms with Crippen molar-refractivity contribution in [2.24, 2.45) is 23.7 Å². The van der Waals surface area contributed by atoms with E-state index in [0.717, 1.165) is 6.42 Å². The van der Waals surface area contributed by atoms with Crippen molar-refractivity contribution < 1.29 is 4.79 Å². The maximum absolute atomic E-state index is 11.8. The number of rotatable bonds is 1. The van der Waals surface area contributed by atoms with Gasteiger partial charge in [-0.2, -0.15) is 0 Å². The van der Waals surface area contributed by atoms with Crippen molar-refractivity contribution in [2.75, 3.05) is 0 Å². The summed E-state index contributed by atoms with van der Waals surface area (Å²) in [4.78, 5) is 11.8. The van der Waals surface area contributed by atoms with Crippen LogP contribution in [0, 0.1) is 23.7 Å². The zero-order valence-corrected chi connectivity index (χ0v) is 8.63. The molecule has 70 valence electrons. The van der Waals surface area contributed by atoms with Gasteiger partial charge >= 0.3 is 0 Å². The van der Waals surface area contributed by atoms with E-state index in [2.05, 4.69) is 27.7 Å². The third-order valence-electron chi connectivity index (χ3n) is 3.41. The second kappa shape index (κ2) is 3.59.